The summed E-state index contributed by atoms with van der Waals surface area (Å²) < 4.78 is 0. The maximum atomic E-state index is 10.4. The Bertz CT molecular complexity index is 352. The zero-order valence-electron chi connectivity index (χ0n) is 10.4. The van der Waals surface area contributed by atoms with Crippen molar-refractivity contribution in [2.24, 2.45) is 0 Å². The van der Waals surface area contributed by atoms with Gasteiger partial charge in [-0.15, -0.1) is 0 Å². The molecule has 2 rings (SSSR count). The second-order valence-electron chi connectivity index (χ2n) is 3.10. The van der Waals surface area contributed by atoms with Gasteiger partial charge in [-0.1, -0.05) is 32.0 Å². The molecule has 3 amide bonds. The predicted molar refractivity (Wildman–Crippen MR) is 68.3 cm³/mol. The molecule has 1 atom stereocenters. The number of rotatable bonds is 0. The number of imide groups is 1. The van der Waals surface area contributed by atoms with E-state index in [0.717, 1.165) is 5.69 Å². The van der Waals surface area contributed by atoms with Crippen molar-refractivity contribution in [3.8, 4) is 0 Å². The fraction of sp³-hybridized carbons (Fsp3) is 0.333. The molecule has 1 aliphatic rings. The van der Waals surface area contributed by atoms with Crippen LogP contribution in [0.5, 0.6) is 0 Å². The third-order valence-corrected chi connectivity index (χ3v) is 1.78. The minimum Gasteiger partial charge on any atom is -0.399 e. The van der Waals surface area contributed by atoms with E-state index in [2.05, 4.69) is 10.6 Å². The highest BCUT2D eigenvalue weighted by atomic mass is 16.2. The molecule has 4 N–H and O–H groups in total. The number of benzene rings is 1. The van der Waals surface area contributed by atoms with E-state index in [9.17, 15) is 9.59 Å². The van der Waals surface area contributed by atoms with E-state index >= 15 is 0 Å². The van der Waals surface area contributed by atoms with Crippen molar-refractivity contribution < 1.29 is 9.59 Å². The molecular weight excluding hydrogens is 218 g/mol. The minimum absolute atomic E-state index is 0.255. The summed E-state index contributed by atoms with van der Waals surface area (Å²) in [6.45, 7) is 5.63. The highest BCUT2D eigenvalue weighted by Crippen LogP contribution is 1.95. The van der Waals surface area contributed by atoms with Crippen molar-refractivity contribution >= 4 is 17.6 Å². The molecule has 1 unspecified atom stereocenters. The molecule has 17 heavy (non-hydrogen) atoms. The van der Waals surface area contributed by atoms with Gasteiger partial charge in [0.25, 0.3) is 0 Å². The molecule has 5 nitrogen and oxygen atoms in total. The Morgan fingerprint density at radius 3 is 1.82 bits per heavy atom. The number of carbonyl (C=O) groups excluding carboxylic acids is 2. The number of nitrogen functional groups attached to an aromatic ring is 1. The zero-order valence-corrected chi connectivity index (χ0v) is 10.4. The van der Waals surface area contributed by atoms with Crippen LogP contribution in [0.15, 0.2) is 30.3 Å². The average molecular weight is 237 g/mol. The third kappa shape index (κ3) is 6.19. The van der Waals surface area contributed by atoms with Gasteiger partial charge in [0.1, 0.15) is 6.04 Å². The van der Waals surface area contributed by atoms with Crippen LogP contribution in [-0.4, -0.2) is 18.0 Å². The molecule has 0 saturated carbocycles. The van der Waals surface area contributed by atoms with Gasteiger partial charge in [0.05, 0.1) is 0 Å². The zero-order chi connectivity index (χ0) is 13.3. The second kappa shape index (κ2) is 8.15. The summed E-state index contributed by atoms with van der Waals surface area (Å²) in [6.07, 6.45) is 0. The maximum Gasteiger partial charge on any atom is 0.322 e. The van der Waals surface area contributed by atoms with Crippen molar-refractivity contribution in [1.29, 1.82) is 0 Å². The third-order valence-electron chi connectivity index (χ3n) is 1.78. The van der Waals surface area contributed by atoms with Crippen LogP contribution in [0.4, 0.5) is 10.5 Å². The van der Waals surface area contributed by atoms with E-state index in [1.54, 1.807) is 6.92 Å². The molecule has 1 saturated heterocycles. The number of carbonyl (C=O) groups is 2. The number of hydrogen-bond acceptors (Lipinski definition) is 3. The summed E-state index contributed by atoms with van der Waals surface area (Å²) in [5.74, 6) is -0.255. The van der Waals surface area contributed by atoms with Crippen molar-refractivity contribution in [3.05, 3.63) is 30.3 Å². The molecule has 1 fully saturated rings. The predicted octanol–water partition coefficient (Wildman–Crippen LogP) is 1.51. The lowest BCUT2D eigenvalue weighted by atomic mass is 10.3. The number of nitrogens with one attached hydrogen (secondary N) is 2. The van der Waals surface area contributed by atoms with Crippen LogP contribution in [0.3, 0.4) is 0 Å². The van der Waals surface area contributed by atoms with Crippen molar-refractivity contribution in [1.82, 2.24) is 10.6 Å². The first-order valence-corrected chi connectivity index (χ1v) is 5.51. The Balaban J connectivity index is 0.000000265. The van der Waals surface area contributed by atoms with Crippen molar-refractivity contribution in [2.75, 3.05) is 5.73 Å². The van der Waals surface area contributed by atoms with Gasteiger partial charge in [-0.2, -0.15) is 0 Å². The van der Waals surface area contributed by atoms with Gasteiger partial charge in [0.15, 0.2) is 0 Å². The Labute approximate surface area is 101 Å². The first-order valence-electron chi connectivity index (χ1n) is 5.51. The van der Waals surface area contributed by atoms with Crippen molar-refractivity contribution in [2.45, 2.75) is 26.8 Å². The molecule has 1 aromatic rings. The van der Waals surface area contributed by atoms with E-state index in [1.807, 2.05) is 44.2 Å². The number of nitrogens with two attached hydrogens (primary N) is 1. The van der Waals surface area contributed by atoms with Crippen LogP contribution in [0.1, 0.15) is 20.8 Å². The quantitative estimate of drug-likeness (QED) is 0.472. The summed E-state index contributed by atoms with van der Waals surface area (Å²) in [5.41, 5.74) is 6.18. The Morgan fingerprint density at radius 1 is 1.12 bits per heavy atom. The van der Waals surface area contributed by atoms with Gasteiger partial charge in [-0.3, -0.25) is 10.1 Å². The van der Waals surface area contributed by atoms with Gasteiger partial charge in [0, 0.05) is 5.69 Å². The maximum absolute atomic E-state index is 10.4. The lowest BCUT2D eigenvalue weighted by Gasteiger charge is -1.91. The molecule has 94 valence electrons. The Morgan fingerprint density at radius 2 is 1.65 bits per heavy atom. The molecule has 5 heteroatoms. The molecule has 1 aliphatic heterocycles. The van der Waals surface area contributed by atoms with Crippen LogP contribution in [0, 0.1) is 0 Å². The van der Waals surface area contributed by atoms with Crippen molar-refractivity contribution in [3.63, 3.8) is 0 Å². The van der Waals surface area contributed by atoms with Crippen LogP contribution in [0.2, 0.25) is 0 Å². The van der Waals surface area contributed by atoms with Gasteiger partial charge >= 0.3 is 6.03 Å². The molecule has 0 aromatic heterocycles. The minimum atomic E-state index is -0.400. The summed E-state index contributed by atoms with van der Waals surface area (Å²) >= 11 is 0. The van der Waals surface area contributed by atoms with Gasteiger partial charge in [-0.25, -0.2) is 4.79 Å². The molecule has 0 aliphatic carbocycles. The lowest BCUT2D eigenvalue weighted by molar-refractivity contribution is -0.119. The molecular formula is C12H19N3O2. The first-order chi connectivity index (χ1) is 8.09. The SMILES string of the molecule is CC.CC1NC(=O)NC1=O.Nc1ccccc1. The topological polar surface area (TPSA) is 84.2 Å². The Kier molecular flexibility index (Phi) is 7.17. The van der Waals surface area contributed by atoms with Gasteiger partial charge in [0.2, 0.25) is 5.91 Å². The second-order valence-corrected chi connectivity index (χ2v) is 3.10. The highest BCUT2D eigenvalue weighted by molar-refractivity contribution is 6.03. The summed E-state index contributed by atoms with van der Waals surface area (Å²) in [4.78, 5) is 20.6. The number of hydrogen-bond donors (Lipinski definition) is 3. The standard InChI is InChI=1S/C6H7N.C4H6N2O2.C2H6/c7-6-4-2-1-3-5-6;1-2-3(7)6-4(8)5-2;1-2/h1-5H,7H2;2H,1H3,(H2,5,6,7,8);1-2H3. The van der Waals surface area contributed by atoms with Crippen LogP contribution in [0.25, 0.3) is 0 Å². The average Bonchev–Trinajstić information content (AvgIpc) is 2.61. The fourth-order valence-electron chi connectivity index (χ4n) is 0.971. The summed E-state index contributed by atoms with van der Waals surface area (Å²) in [6, 6.07) is 8.73. The monoisotopic (exact) mass is 237 g/mol. The fourth-order valence-corrected chi connectivity index (χ4v) is 0.971. The molecule has 1 aromatic carbocycles. The number of anilines is 1. The van der Waals surface area contributed by atoms with E-state index in [4.69, 9.17) is 5.73 Å². The summed E-state index contributed by atoms with van der Waals surface area (Å²) in [7, 11) is 0. The normalized spacial score (nSPS) is 16.8. The number of para-hydroxylation sites is 1. The Hall–Kier alpha value is -2.04. The summed E-state index contributed by atoms with van der Waals surface area (Å²) in [5, 5.41) is 4.44. The molecule has 0 radical (unpaired) electrons. The van der Waals surface area contributed by atoms with Crippen LogP contribution in [-0.2, 0) is 4.79 Å². The van der Waals surface area contributed by atoms with E-state index < -0.39 is 6.03 Å². The smallest absolute Gasteiger partial charge is 0.322 e. The van der Waals surface area contributed by atoms with Crippen LogP contribution < -0.4 is 16.4 Å². The van der Waals surface area contributed by atoms with Gasteiger partial charge < -0.3 is 11.1 Å². The van der Waals surface area contributed by atoms with E-state index in [-0.39, 0.29) is 11.9 Å². The van der Waals surface area contributed by atoms with E-state index in [0.29, 0.717) is 0 Å². The first kappa shape index (κ1) is 15.0. The largest absolute Gasteiger partial charge is 0.399 e. The molecule has 1 heterocycles. The highest BCUT2D eigenvalue weighted by Gasteiger charge is 2.24. The van der Waals surface area contributed by atoms with Crippen LogP contribution >= 0.6 is 0 Å². The lowest BCUT2D eigenvalue weighted by Crippen LogP contribution is -2.24. The number of amides is 3. The molecule has 0 spiro atoms. The van der Waals surface area contributed by atoms with Gasteiger partial charge in [-0.05, 0) is 19.1 Å². The molecule has 0 bridgehead atoms. The number of urea groups is 1. The van der Waals surface area contributed by atoms with E-state index in [1.165, 1.54) is 0 Å².